The fourth-order valence-corrected chi connectivity index (χ4v) is 5.53. The molecule has 0 saturated carbocycles. The van der Waals surface area contributed by atoms with Crippen molar-refractivity contribution in [1.29, 1.82) is 5.26 Å². The Labute approximate surface area is 268 Å². The van der Waals surface area contributed by atoms with E-state index in [-0.39, 0.29) is 59.5 Å². The summed E-state index contributed by atoms with van der Waals surface area (Å²) in [6.45, 7) is 4.76. The number of hydrogen-bond donors (Lipinski definition) is 4. The first-order valence-corrected chi connectivity index (χ1v) is 15.5. The predicted molar refractivity (Wildman–Crippen MR) is 169 cm³/mol. The summed E-state index contributed by atoms with van der Waals surface area (Å²) in [6, 6.07) is 14.2. The number of rotatable bonds is 15. The van der Waals surface area contributed by atoms with E-state index in [1.54, 1.807) is 29.2 Å². The van der Waals surface area contributed by atoms with Crippen LogP contribution in [0, 0.1) is 23.2 Å². The van der Waals surface area contributed by atoms with Gasteiger partial charge >= 0.3 is 7.12 Å². The zero-order valence-corrected chi connectivity index (χ0v) is 26.4. The number of halogens is 2. The number of hydrogen-bond acceptors (Lipinski definition) is 7. The maximum atomic E-state index is 13.4. The molecule has 1 saturated heterocycles. The van der Waals surface area contributed by atoms with Gasteiger partial charge in [-0.15, -0.1) is 0 Å². The van der Waals surface area contributed by atoms with Gasteiger partial charge in [0.15, 0.2) is 0 Å². The number of nitrogens with zero attached hydrogens (tertiary/aromatic N) is 2. The van der Waals surface area contributed by atoms with Crippen LogP contribution in [0.3, 0.4) is 0 Å². The molecule has 4 N–H and O–H groups in total. The third kappa shape index (κ3) is 10.5. The molecule has 1 fully saturated rings. The zero-order valence-electron chi connectivity index (χ0n) is 24.9. The van der Waals surface area contributed by atoms with Gasteiger partial charge in [-0.1, -0.05) is 67.4 Å². The number of nitrogens with one attached hydrogen (secondary N) is 2. The molecule has 1 unspecified atom stereocenters. The van der Waals surface area contributed by atoms with Crippen molar-refractivity contribution in [1.82, 2.24) is 15.5 Å². The van der Waals surface area contributed by atoms with E-state index in [9.17, 15) is 29.7 Å². The summed E-state index contributed by atoms with van der Waals surface area (Å²) in [4.78, 5) is 41.3. The fraction of sp³-hybridized carbons (Fsp3) is 0.484. The lowest BCUT2D eigenvalue weighted by Crippen LogP contribution is -2.55. The molecule has 0 spiro atoms. The Balaban J connectivity index is 1.67. The second-order valence-corrected chi connectivity index (χ2v) is 12.2. The molecule has 44 heavy (non-hydrogen) atoms. The minimum Gasteiger partial charge on any atom is -0.426 e. The number of ether oxygens (including phenoxy) is 1. The normalized spacial score (nSPS) is 16.6. The maximum Gasteiger partial charge on any atom is 0.475 e. The van der Waals surface area contributed by atoms with Gasteiger partial charge in [0, 0.05) is 18.2 Å². The molecule has 1 aliphatic heterocycles. The van der Waals surface area contributed by atoms with Crippen LogP contribution in [0.25, 0.3) is 0 Å². The number of carbonyl (C=O) groups excluding carboxylic acids is 3. The molecule has 0 radical (unpaired) electrons. The van der Waals surface area contributed by atoms with Gasteiger partial charge in [0.2, 0.25) is 11.8 Å². The third-order valence-corrected chi connectivity index (χ3v) is 8.03. The third-order valence-electron chi connectivity index (χ3n) is 7.46. The molecule has 10 nitrogen and oxygen atoms in total. The molecule has 0 aromatic heterocycles. The van der Waals surface area contributed by atoms with E-state index in [1.165, 1.54) is 18.2 Å². The minimum absolute atomic E-state index is 0.0458. The van der Waals surface area contributed by atoms with Crippen LogP contribution in [0.1, 0.15) is 55.5 Å². The highest BCUT2D eigenvalue weighted by Crippen LogP contribution is 2.24. The van der Waals surface area contributed by atoms with Crippen LogP contribution in [-0.2, 0) is 20.7 Å². The van der Waals surface area contributed by atoms with Crippen molar-refractivity contribution < 1.29 is 29.2 Å². The van der Waals surface area contributed by atoms with Crippen molar-refractivity contribution in [2.75, 3.05) is 19.8 Å². The Morgan fingerprint density at radius 2 is 1.86 bits per heavy atom. The molecular formula is C31H39BCl2N4O6. The van der Waals surface area contributed by atoms with E-state index in [0.717, 1.165) is 18.4 Å². The summed E-state index contributed by atoms with van der Waals surface area (Å²) in [5.74, 6) is -3.01. The average Bonchev–Trinajstić information content (AvgIpc) is 3.46. The van der Waals surface area contributed by atoms with Crippen LogP contribution in [0.2, 0.25) is 10.0 Å². The predicted octanol–water partition coefficient (Wildman–Crippen LogP) is 3.41. The quantitative estimate of drug-likeness (QED) is 0.171. The van der Waals surface area contributed by atoms with Crippen molar-refractivity contribution in [3.05, 3.63) is 69.7 Å². The maximum absolute atomic E-state index is 13.4. The van der Waals surface area contributed by atoms with Crippen LogP contribution in [-0.4, -0.2) is 77.6 Å². The van der Waals surface area contributed by atoms with E-state index in [4.69, 9.17) is 27.9 Å². The number of nitriles is 1. The van der Waals surface area contributed by atoms with Crippen LogP contribution in [0.5, 0.6) is 0 Å². The highest BCUT2D eigenvalue weighted by atomic mass is 35.5. The summed E-state index contributed by atoms with van der Waals surface area (Å²) in [6.07, 6.45) is 2.21. The van der Waals surface area contributed by atoms with Crippen molar-refractivity contribution >= 4 is 48.0 Å². The standard InChI is InChI=1S/C31H39BCl2N4O6/c1-20(2)15-22(18-35)31(41)38-13-6-9-24(38)19-44-14-12-27(36-29(39)25-17-23(33)10-11-26(25)34)30(40)37-28(32(42)43)16-21-7-4-3-5-8-21/h3-5,7-8,10-11,17,20,22,24,27-28,42-43H,6,9,12-16,19H2,1-2H3,(H,36,39)(H,37,40)/t22?,24-,27+,28+/m1/s1. The van der Waals surface area contributed by atoms with Crippen molar-refractivity contribution in [3.8, 4) is 6.07 Å². The summed E-state index contributed by atoms with van der Waals surface area (Å²) >= 11 is 12.3. The van der Waals surface area contributed by atoms with Crippen molar-refractivity contribution in [2.24, 2.45) is 11.8 Å². The van der Waals surface area contributed by atoms with E-state index in [1.807, 2.05) is 19.9 Å². The molecule has 3 amide bonds. The summed E-state index contributed by atoms with van der Waals surface area (Å²) in [5, 5.41) is 35.2. The smallest absolute Gasteiger partial charge is 0.426 e. The van der Waals surface area contributed by atoms with Crippen LogP contribution < -0.4 is 10.6 Å². The number of carbonyl (C=O) groups is 3. The molecule has 2 aromatic carbocycles. The average molecular weight is 645 g/mol. The Hall–Kier alpha value is -3.14. The summed E-state index contributed by atoms with van der Waals surface area (Å²) < 4.78 is 5.90. The summed E-state index contributed by atoms with van der Waals surface area (Å²) in [5.41, 5.74) is 0.859. The number of likely N-dealkylation sites (tertiary alicyclic amines) is 1. The second kappa shape index (κ2) is 17.4. The van der Waals surface area contributed by atoms with Gasteiger partial charge in [0.1, 0.15) is 12.0 Å². The van der Waals surface area contributed by atoms with Gasteiger partial charge in [-0.2, -0.15) is 5.26 Å². The highest BCUT2D eigenvalue weighted by molar-refractivity contribution is 6.43. The Kier molecular flexibility index (Phi) is 14.0. The zero-order chi connectivity index (χ0) is 32.2. The second-order valence-electron chi connectivity index (χ2n) is 11.4. The van der Waals surface area contributed by atoms with Gasteiger partial charge in [0.25, 0.3) is 5.91 Å². The molecule has 13 heteroatoms. The first-order valence-electron chi connectivity index (χ1n) is 14.7. The fourth-order valence-electron chi connectivity index (χ4n) is 5.16. The van der Waals surface area contributed by atoms with Crippen molar-refractivity contribution in [2.45, 2.75) is 64.0 Å². The van der Waals surface area contributed by atoms with Crippen LogP contribution >= 0.6 is 23.2 Å². The largest absolute Gasteiger partial charge is 0.475 e. The monoisotopic (exact) mass is 644 g/mol. The molecule has 0 bridgehead atoms. The lowest BCUT2D eigenvalue weighted by Gasteiger charge is -2.27. The van der Waals surface area contributed by atoms with Gasteiger partial charge in [-0.25, -0.2) is 0 Å². The SMILES string of the molecule is CC(C)CC(C#N)C(=O)N1CCC[C@@H]1COCC[C@H](NC(=O)c1cc(Cl)ccc1Cl)C(=O)N[C@@H](Cc1ccccc1)B(O)O. The number of benzene rings is 2. The minimum atomic E-state index is -1.85. The first kappa shape index (κ1) is 35.3. The van der Waals surface area contributed by atoms with Crippen molar-refractivity contribution in [3.63, 3.8) is 0 Å². The lowest BCUT2D eigenvalue weighted by atomic mass is 9.75. The van der Waals surface area contributed by atoms with Gasteiger partial charge < -0.3 is 30.3 Å². The molecule has 4 atom stereocenters. The molecule has 1 aliphatic rings. The summed E-state index contributed by atoms with van der Waals surface area (Å²) in [7, 11) is -1.85. The topological polar surface area (TPSA) is 152 Å². The van der Waals surface area contributed by atoms with E-state index < -0.39 is 36.8 Å². The van der Waals surface area contributed by atoms with Gasteiger partial charge in [-0.05, 0) is 61.8 Å². The Bertz CT molecular complexity index is 1310. The molecule has 0 aliphatic carbocycles. The van der Waals surface area contributed by atoms with Crippen LogP contribution in [0.4, 0.5) is 0 Å². The van der Waals surface area contributed by atoms with E-state index in [0.29, 0.717) is 13.0 Å². The highest BCUT2D eigenvalue weighted by Gasteiger charge is 2.34. The van der Waals surface area contributed by atoms with E-state index >= 15 is 0 Å². The van der Waals surface area contributed by atoms with Crippen LogP contribution in [0.15, 0.2) is 48.5 Å². The molecule has 1 heterocycles. The van der Waals surface area contributed by atoms with Gasteiger partial charge in [-0.3, -0.25) is 14.4 Å². The molecular weight excluding hydrogens is 606 g/mol. The molecule has 2 aromatic rings. The lowest BCUT2D eigenvalue weighted by molar-refractivity contribution is -0.136. The Morgan fingerprint density at radius 1 is 1.14 bits per heavy atom. The van der Waals surface area contributed by atoms with Gasteiger partial charge in [0.05, 0.1) is 35.2 Å². The first-order chi connectivity index (χ1) is 21.0. The molecule has 236 valence electrons. The number of amides is 3. The Morgan fingerprint density at radius 3 is 2.52 bits per heavy atom. The van der Waals surface area contributed by atoms with E-state index in [2.05, 4.69) is 16.7 Å². The molecule has 3 rings (SSSR count).